The summed E-state index contributed by atoms with van der Waals surface area (Å²) in [5.74, 6) is 0.910. The number of likely N-dealkylation sites (tertiary alicyclic amines) is 2. The molecule has 0 spiro atoms. The van der Waals surface area contributed by atoms with Gasteiger partial charge in [-0.05, 0) is 38.3 Å². The second-order valence-corrected chi connectivity index (χ2v) is 6.38. The van der Waals surface area contributed by atoms with Crippen molar-refractivity contribution in [3.63, 3.8) is 0 Å². The molecule has 0 aromatic carbocycles. The maximum absolute atomic E-state index is 12.4. The summed E-state index contributed by atoms with van der Waals surface area (Å²) in [6, 6.07) is -0.113. The third-order valence-corrected chi connectivity index (χ3v) is 4.78. The molecule has 3 aliphatic rings. The zero-order valence-electron chi connectivity index (χ0n) is 12.4. The second kappa shape index (κ2) is 6.87. The maximum Gasteiger partial charge on any atom is 0.242 e. The number of carbonyl (C=O) groups is 1. The van der Waals surface area contributed by atoms with Gasteiger partial charge >= 0.3 is 0 Å². The van der Waals surface area contributed by atoms with Crippen molar-refractivity contribution in [1.29, 1.82) is 0 Å². The first-order chi connectivity index (χ1) is 9.83. The van der Waals surface area contributed by atoms with Crippen LogP contribution in [0.2, 0.25) is 0 Å². The molecule has 0 saturated carbocycles. The molecule has 0 aromatic heterocycles. The van der Waals surface area contributed by atoms with Gasteiger partial charge in [-0.2, -0.15) is 0 Å². The number of ether oxygens (including phenoxy) is 1. The Morgan fingerprint density at radius 3 is 2.80 bits per heavy atom. The molecule has 2 atom stereocenters. The highest BCUT2D eigenvalue weighted by atomic mass is 16.5. The van der Waals surface area contributed by atoms with E-state index in [1.807, 2.05) is 4.90 Å². The SMILES string of the molecule is O=C(C1COCCN1)N1CCC(CN2CCCCC2)C1. The van der Waals surface area contributed by atoms with Crippen LogP contribution in [0.3, 0.4) is 0 Å². The molecule has 20 heavy (non-hydrogen) atoms. The van der Waals surface area contributed by atoms with Gasteiger partial charge in [0, 0.05) is 26.2 Å². The fourth-order valence-corrected chi connectivity index (χ4v) is 3.63. The van der Waals surface area contributed by atoms with Crippen LogP contribution in [0, 0.1) is 5.92 Å². The fraction of sp³-hybridized carbons (Fsp3) is 0.933. The minimum atomic E-state index is -0.113. The number of nitrogens with one attached hydrogen (secondary N) is 1. The number of amides is 1. The van der Waals surface area contributed by atoms with E-state index in [2.05, 4.69) is 10.2 Å². The van der Waals surface area contributed by atoms with Crippen LogP contribution >= 0.6 is 0 Å². The van der Waals surface area contributed by atoms with E-state index in [4.69, 9.17) is 4.74 Å². The van der Waals surface area contributed by atoms with Crippen molar-refractivity contribution in [3.05, 3.63) is 0 Å². The standard InChI is InChI=1S/C15H27N3O2/c19-15(14-12-20-9-5-16-14)18-8-4-13(11-18)10-17-6-2-1-3-7-17/h13-14,16H,1-12H2. The minimum absolute atomic E-state index is 0.113. The number of hydrogen-bond donors (Lipinski definition) is 1. The highest BCUT2D eigenvalue weighted by Gasteiger charge is 2.32. The van der Waals surface area contributed by atoms with Gasteiger partial charge in [-0.25, -0.2) is 0 Å². The Morgan fingerprint density at radius 1 is 1.20 bits per heavy atom. The lowest BCUT2D eigenvalue weighted by Gasteiger charge is -2.30. The molecule has 0 bridgehead atoms. The van der Waals surface area contributed by atoms with E-state index in [-0.39, 0.29) is 11.9 Å². The van der Waals surface area contributed by atoms with Gasteiger partial charge in [-0.3, -0.25) is 4.79 Å². The van der Waals surface area contributed by atoms with Crippen LogP contribution in [0.1, 0.15) is 25.7 Å². The van der Waals surface area contributed by atoms with E-state index in [1.165, 1.54) is 38.9 Å². The Bertz CT molecular complexity index is 325. The summed E-state index contributed by atoms with van der Waals surface area (Å²) >= 11 is 0. The molecule has 114 valence electrons. The van der Waals surface area contributed by atoms with Crippen molar-refractivity contribution < 1.29 is 9.53 Å². The molecule has 3 aliphatic heterocycles. The van der Waals surface area contributed by atoms with Crippen molar-refractivity contribution in [2.75, 3.05) is 52.5 Å². The molecule has 3 rings (SSSR count). The zero-order chi connectivity index (χ0) is 13.8. The number of carbonyl (C=O) groups excluding carboxylic acids is 1. The van der Waals surface area contributed by atoms with Crippen LogP contribution in [0.25, 0.3) is 0 Å². The summed E-state index contributed by atoms with van der Waals surface area (Å²) in [5, 5.41) is 3.27. The van der Waals surface area contributed by atoms with Gasteiger partial charge in [0.25, 0.3) is 0 Å². The number of nitrogens with zero attached hydrogens (tertiary/aromatic N) is 2. The van der Waals surface area contributed by atoms with Crippen LogP contribution in [0.15, 0.2) is 0 Å². The van der Waals surface area contributed by atoms with Crippen LogP contribution < -0.4 is 5.32 Å². The molecular weight excluding hydrogens is 254 g/mol. The molecule has 3 fully saturated rings. The normalized spacial score (nSPS) is 32.5. The summed E-state index contributed by atoms with van der Waals surface area (Å²) in [4.78, 5) is 17.0. The third-order valence-electron chi connectivity index (χ3n) is 4.78. The first-order valence-corrected chi connectivity index (χ1v) is 8.15. The number of rotatable bonds is 3. The maximum atomic E-state index is 12.4. The lowest BCUT2D eigenvalue weighted by atomic mass is 10.1. The molecule has 5 heteroatoms. The number of hydrogen-bond acceptors (Lipinski definition) is 4. The first kappa shape index (κ1) is 14.3. The van der Waals surface area contributed by atoms with Gasteiger partial charge in [0.05, 0.1) is 13.2 Å². The Kier molecular flexibility index (Phi) is 4.91. The fourth-order valence-electron chi connectivity index (χ4n) is 3.63. The lowest BCUT2D eigenvalue weighted by Crippen LogP contribution is -2.52. The molecule has 2 unspecified atom stereocenters. The van der Waals surface area contributed by atoms with Crippen molar-refractivity contribution in [1.82, 2.24) is 15.1 Å². The van der Waals surface area contributed by atoms with E-state index in [0.29, 0.717) is 12.5 Å². The predicted octanol–water partition coefficient (Wildman–Crippen LogP) is 0.309. The Balaban J connectivity index is 1.44. The van der Waals surface area contributed by atoms with Gasteiger partial charge in [-0.1, -0.05) is 6.42 Å². The van der Waals surface area contributed by atoms with Crippen LogP contribution in [0.5, 0.6) is 0 Å². The molecule has 0 aromatic rings. The monoisotopic (exact) mass is 281 g/mol. The minimum Gasteiger partial charge on any atom is -0.378 e. The highest BCUT2D eigenvalue weighted by molar-refractivity contribution is 5.82. The van der Waals surface area contributed by atoms with Gasteiger partial charge < -0.3 is 19.9 Å². The first-order valence-electron chi connectivity index (χ1n) is 8.15. The van der Waals surface area contributed by atoms with E-state index >= 15 is 0 Å². The smallest absolute Gasteiger partial charge is 0.242 e. The third kappa shape index (κ3) is 3.51. The van der Waals surface area contributed by atoms with Crippen molar-refractivity contribution in [3.8, 4) is 0 Å². The predicted molar refractivity (Wildman–Crippen MR) is 77.6 cm³/mol. The summed E-state index contributed by atoms with van der Waals surface area (Å²) < 4.78 is 5.39. The van der Waals surface area contributed by atoms with E-state index < -0.39 is 0 Å². The van der Waals surface area contributed by atoms with Gasteiger partial charge in [0.15, 0.2) is 0 Å². The molecule has 3 saturated heterocycles. The van der Waals surface area contributed by atoms with Crippen molar-refractivity contribution in [2.45, 2.75) is 31.7 Å². The molecule has 0 aliphatic carbocycles. The molecule has 0 radical (unpaired) electrons. The largest absolute Gasteiger partial charge is 0.378 e. The number of morpholine rings is 1. The quantitative estimate of drug-likeness (QED) is 0.809. The molecule has 5 nitrogen and oxygen atoms in total. The van der Waals surface area contributed by atoms with Gasteiger partial charge in [-0.15, -0.1) is 0 Å². The van der Waals surface area contributed by atoms with E-state index in [9.17, 15) is 4.79 Å². The lowest BCUT2D eigenvalue weighted by molar-refractivity contribution is -0.135. The summed E-state index contributed by atoms with van der Waals surface area (Å²) in [5.41, 5.74) is 0. The van der Waals surface area contributed by atoms with Crippen molar-refractivity contribution >= 4 is 5.91 Å². The van der Waals surface area contributed by atoms with Crippen LogP contribution in [-0.2, 0) is 9.53 Å². The summed E-state index contributed by atoms with van der Waals surface area (Å²) in [6.45, 7) is 7.60. The summed E-state index contributed by atoms with van der Waals surface area (Å²) in [6.07, 6.45) is 5.24. The van der Waals surface area contributed by atoms with Crippen molar-refractivity contribution in [2.24, 2.45) is 5.92 Å². The molecule has 1 N–H and O–H groups in total. The Morgan fingerprint density at radius 2 is 2.05 bits per heavy atom. The molecule has 3 heterocycles. The average molecular weight is 281 g/mol. The van der Waals surface area contributed by atoms with E-state index in [0.717, 1.165) is 32.7 Å². The average Bonchev–Trinajstić information content (AvgIpc) is 2.97. The Labute approximate surface area is 121 Å². The number of piperidine rings is 1. The Hall–Kier alpha value is -0.650. The van der Waals surface area contributed by atoms with Crippen LogP contribution in [0.4, 0.5) is 0 Å². The topological polar surface area (TPSA) is 44.8 Å². The van der Waals surface area contributed by atoms with Crippen LogP contribution in [-0.4, -0.2) is 74.2 Å². The van der Waals surface area contributed by atoms with Gasteiger partial charge in [0.1, 0.15) is 6.04 Å². The summed E-state index contributed by atoms with van der Waals surface area (Å²) in [7, 11) is 0. The van der Waals surface area contributed by atoms with E-state index in [1.54, 1.807) is 0 Å². The zero-order valence-corrected chi connectivity index (χ0v) is 12.4. The molecule has 1 amide bonds. The molecular formula is C15H27N3O2. The van der Waals surface area contributed by atoms with Gasteiger partial charge in [0.2, 0.25) is 5.91 Å². The second-order valence-electron chi connectivity index (χ2n) is 6.38. The highest BCUT2D eigenvalue weighted by Crippen LogP contribution is 2.20.